The van der Waals surface area contributed by atoms with Gasteiger partial charge < -0.3 is 83.4 Å². The monoisotopic (exact) mass is 1620 g/mol. The summed E-state index contributed by atoms with van der Waals surface area (Å²) in [6, 6.07) is 4.22. The lowest BCUT2D eigenvalue weighted by Gasteiger charge is -2.39. The molecule has 5 N–H and O–H groups in total. The number of amides is 3. The van der Waals surface area contributed by atoms with Gasteiger partial charge in [-0.1, -0.05) is 0 Å². The van der Waals surface area contributed by atoms with Crippen LogP contribution < -0.4 is 59.9 Å². The maximum absolute atomic E-state index is 14.5. The molecule has 3 amide bonds. The Morgan fingerprint density at radius 1 is 0.607 bits per heavy atom. The molecule has 117 heavy (non-hydrogen) atoms. The maximum Gasteiger partial charge on any atom is 0.407 e. The number of aromatic amines is 1. The van der Waals surface area contributed by atoms with E-state index >= 15 is 0 Å². The van der Waals surface area contributed by atoms with Crippen LogP contribution in [0.2, 0.25) is 0 Å². The number of hydrogen-bond acceptors (Lipinski definition) is 27. The number of aliphatic hydroxyl groups excluding tert-OH is 1. The van der Waals surface area contributed by atoms with E-state index in [2.05, 4.69) is 61.0 Å². The van der Waals surface area contributed by atoms with Crippen LogP contribution in [-0.4, -0.2) is 193 Å². The number of ether oxygens (including phenoxy) is 9. The Balaban J connectivity index is 0.000000143. The van der Waals surface area contributed by atoms with Crippen LogP contribution in [0.5, 0.6) is 29.0 Å². The highest BCUT2D eigenvalue weighted by Gasteiger charge is 2.45. The minimum atomic E-state index is -0.589. The van der Waals surface area contributed by atoms with Crippen molar-refractivity contribution >= 4 is 64.4 Å². The molecule has 0 spiro atoms. The number of aliphatic hydroxyl groups is 1. The second kappa shape index (κ2) is 35.8. The van der Waals surface area contributed by atoms with Gasteiger partial charge in [0.25, 0.3) is 11.5 Å². The molecule has 0 radical (unpaired) electrons. The molecular weight excluding hydrogens is 1530 g/mol. The summed E-state index contributed by atoms with van der Waals surface area (Å²) in [6.07, 6.45) is 20.8. The van der Waals surface area contributed by atoms with E-state index < -0.39 is 58.9 Å². The van der Waals surface area contributed by atoms with Gasteiger partial charge in [0.2, 0.25) is 11.8 Å². The Morgan fingerprint density at radius 3 is 1.67 bits per heavy atom. The number of halogens is 3. The average Bonchev–Trinajstić information content (AvgIpc) is 1.68. The Morgan fingerprint density at radius 2 is 1.10 bits per heavy atom. The van der Waals surface area contributed by atoms with E-state index in [1.165, 1.54) is 52.0 Å². The first-order chi connectivity index (χ1) is 55.9. The van der Waals surface area contributed by atoms with E-state index in [4.69, 9.17) is 57.7 Å². The van der Waals surface area contributed by atoms with Crippen molar-refractivity contribution in [2.24, 2.45) is 0 Å². The molecule has 3 fully saturated rings. The molecule has 2 bridgehead atoms. The van der Waals surface area contributed by atoms with Gasteiger partial charge in [-0.25, -0.2) is 70.8 Å². The van der Waals surface area contributed by atoms with Gasteiger partial charge in [0.15, 0.2) is 51.6 Å². The predicted octanol–water partition coefficient (Wildman–Crippen LogP) is 10.3. The smallest absolute Gasteiger partial charge is 0.407 e. The van der Waals surface area contributed by atoms with Crippen LogP contribution in [0.1, 0.15) is 201 Å². The maximum atomic E-state index is 14.5. The second-order valence-corrected chi connectivity index (χ2v) is 31.6. The number of nitrogens with one attached hydrogen (secondary N) is 4. The molecule has 7 aliphatic rings. The normalized spacial score (nSPS) is 20.1. The van der Waals surface area contributed by atoms with Crippen LogP contribution in [0.15, 0.2) is 78.8 Å². The molecule has 3 aliphatic carbocycles. The Hall–Kier alpha value is -11.8. The molecule has 9 aromatic heterocycles. The molecule has 16 rings (SSSR count). The first-order valence-corrected chi connectivity index (χ1v) is 39.6. The summed E-state index contributed by atoms with van der Waals surface area (Å²) in [4.78, 5) is 104. The van der Waals surface area contributed by atoms with E-state index in [1.54, 1.807) is 85.4 Å². The summed E-state index contributed by atoms with van der Waals surface area (Å²) in [5.41, 5.74) is 2.14. The third-order valence-corrected chi connectivity index (χ3v) is 20.3. The highest BCUT2D eigenvalue weighted by molar-refractivity contribution is 6.00. The molecule has 9 aromatic rings. The highest BCUT2D eigenvalue weighted by Crippen LogP contribution is 2.46. The van der Waals surface area contributed by atoms with Gasteiger partial charge in [-0.05, 0) is 159 Å². The van der Waals surface area contributed by atoms with Gasteiger partial charge >= 0.3 is 24.1 Å². The molecule has 34 nitrogen and oxygen atoms in total. The van der Waals surface area contributed by atoms with Gasteiger partial charge in [-0.15, -0.1) is 0 Å². The third kappa shape index (κ3) is 19.8. The molecule has 37 heteroatoms. The van der Waals surface area contributed by atoms with Gasteiger partial charge in [0, 0.05) is 55.4 Å². The van der Waals surface area contributed by atoms with E-state index in [0.29, 0.717) is 131 Å². The summed E-state index contributed by atoms with van der Waals surface area (Å²) in [7, 11) is 0. The lowest BCUT2D eigenvalue weighted by Crippen LogP contribution is -2.47. The molecule has 9 atom stereocenters. The summed E-state index contributed by atoms with van der Waals surface area (Å²) >= 11 is 0. The van der Waals surface area contributed by atoms with Gasteiger partial charge in [0.05, 0.1) is 119 Å². The zero-order valence-electron chi connectivity index (χ0n) is 67.2. The minimum Gasteiger partial charge on any atom is -0.483 e. The van der Waals surface area contributed by atoms with Crippen LogP contribution >= 0.6 is 0 Å². The fraction of sp³-hybridized carbons (Fsp3) is 0.525. The van der Waals surface area contributed by atoms with Crippen LogP contribution in [0.25, 0.3) is 16.9 Å². The lowest BCUT2D eigenvalue weighted by atomic mass is 10.1. The number of nitrogens with zero attached hydrogens (tertiary/aromatic N) is 14. The fourth-order valence-corrected chi connectivity index (χ4v) is 15.0. The topological polar surface area (TPSA) is 384 Å². The van der Waals surface area contributed by atoms with Gasteiger partial charge in [-0.2, -0.15) is 15.3 Å². The summed E-state index contributed by atoms with van der Waals surface area (Å²) in [5.74, 6) is 1.31. The third-order valence-electron chi connectivity index (χ3n) is 20.3. The number of carbonyl (C=O) groups excluding carboxylic acids is 5. The molecule has 3 saturated carbocycles. The van der Waals surface area contributed by atoms with E-state index in [9.17, 15) is 41.9 Å². The van der Waals surface area contributed by atoms with Crippen molar-refractivity contribution in [2.75, 3.05) is 47.5 Å². The first-order valence-electron chi connectivity index (χ1n) is 39.6. The molecule has 4 aliphatic heterocycles. The number of hydrogen-bond donors (Lipinski definition) is 5. The molecule has 626 valence electrons. The van der Waals surface area contributed by atoms with Gasteiger partial charge in [-0.3, -0.25) is 9.59 Å². The van der Waals surface area contributed by atoms with Crippen molar-refractivity contribution in [3.63, 3.8) is 0 Å². The minimum absolute atomic E-state index is 0.00378. The zero-order valence-corrected chi connectivity index (χ0v) is 67.2. The second-order valence-electron chi connectivity index (χ2n) is 31.6. The summed E-state index contributed by atoms with van der Waals surface area (Å²) in [6.45, 7) is 22.2. The standard InChI is InChI=1S/C29H37FN6O6.C22H23FN6O3.C20H20FN5O4.C9H19NO3/c1-6-39-27(37)20-14-33-36-16-23-25(34-24(20)36)35(21-8-7-9-22(21)41-23)15-18-12-19(30)13-32-26(18)40-17(2)10-11-31-28(38)42-29(3,4)5;1-12-5-6-24-21(30)15-9-26-29-11-18-20(27-19(15)29)28(16-3-2-4-17(16)32-18)10-13-7-14(23)8-25-22(13)31-12;1-2-29-20(28)13-8-23-26-10-16-18(24-17(13)26)25(14-4-3-5-15(14)30-16)9-11-6-12(21)7-22-19(11)27;1-7(11)5-6-10-8(12)13-9(2,3)4/h12-14,16-17,21-22H,6-11,15H2,1-5H3,(H,31,38);7-9,11-12,16-17H,2-6,10H2,1H3,(H,24,30);6-8,10,14-15H,2-5,9H2,1H3,(H,22,27);7,11H,5-6H2,1-4H3,(H,10,12)/t17-,21+,22-;12-,16+,17-;14-,15+;7-/m0011/s1. The SMILES string of the molecule is CCOC(=O)c1cnn2cc3c(nc12)N(Cc1cc(F)c[nH]c1=O)[C@@H]1CCC[C@@H]1O3.CCOC(=O)c1cnn2cc3c(nc12)N(Cc1cc(F)cnc1O[C@@H](C)CCNC(=O)OC(C)(C)C)[C@@H]1CCC[C@@H]1O3.C[C@@H](O)CCNC(=O)OC(C)(C)C.C[C@H]1CCNC(=O)c2cnn3cc4c(nc23)N(Cc2cc(F)cnc2O1)[C@@H]1CCC[C@@H]1O4. The van der Waals surface area contributed by atoms with Crippen molar-refractivity contribution in [1.82, 2.24) is 74.7 Å². The molecule has 0 unspecified atom stereocenters. The summed E-state index contributed by atoms with van der Waals surface area (Å²) in [5, 5.41) is 29.9. The van der Waals surface area contributed by atoms with Crippen LogP contribution in [0, 0.1) is 17.5 Å². The van der Waals surface area contributed by atoms with E-state index in [0.717, 1.165) is 70.2 Å². The van der Waals surface area contributed by atoms with E-state index in [-0.39, 0.29) is 97.5 Å². The van der Waals surface area contributed by atoms with Crippen molar-refractivity contribution in [1.29, 1.82) is 0 Å². The highest BCUT2D eigenvalue weighted by atomic mass is 19.1. The number of esters is 2. The Labute approximate surface area is 671 Å². The number of aromatic nitrogens is 12. The first kappa shape index (κ1) is 83.2. The molecule has 0 saturated heterocycles. The quantitative estimate of drug-likeness (QED) is 0.0443. The Bertz CT molecular complexity index is 5160. The van der Waals surface area contributed by atoms with E-state index in [1.807, 2.05) is 18.7 Å². The van der Waals surface area contributed by atoms with Crippen LogP contribution in [0.4, 0.5) is 40.2 Å². The number of fused-ring (bicyclic) bond motifs is 9. The van der Waals surface area contributed by atoms with Crippen molar-refractivity contribution in [3.8, 4) is 29.0 Å². The van der Waals surface area contributed by atoms with Crippen molar-refractivity contribution in [3.05, 3.63) is 135 Å². The number of anilines is 3. The fourth-order valence-electron chi connectivity index (χ4n) is 15.0. The molecule has 0 aromatic carbocycles. The predicted molar refractivity (Wildman–Crippen MR) is 418 cm³/mol. The largest absolute Gasteiger partial charge is 0.483 e. The van der Waals surface area contributed by atoms with Crippen LogP contribution in [0.3, 0.4) is 0 Å². The summed E-state index contributed by atoms with van der Waals surface area (Å²) < 4.78 is 98.5. The Kier molecular flexibility index (Phi) is 25.4. The lowest BCUT2D eigenvalue weighted by molar-refractivity contribution is 0.0508. The molecular formula is C80H99F3N18O16. The number of carbonyl (C=O) groups is 5. The van der Waals surface area contributed by atoms with Crippen molar-refractivity contribution < 1.29 is 84.9 Å². The zero-order chi connectivity index (χ0) is 83.1. The number of H-pyrrole nitrogens is 1. The molecule has 13 heterocycles. The van der Waals surface area contributed by atoms with Gasteiger partial charge in [0.1, 0.15) is 63.7 Å². The average molecular weight is 1630 g/mol. The number of rotatable bonds is 16. The van der Waals surface area contributed by atoms with Crippen LogP contribution in [-0.2, 0) is 38.6 Å². The number of pyridine rings is 3. The number of alkyl carbamates (subject to hydrolysis) is 2. The van der Waals surface area contributed by atoms with Crippen molar-refractivity contribution in [2.45, 2.75) is 239 Å².